The normalized spacial score (nSPS) is 26.2. The van der Waals surface area contributed by atoms with Gasteiger partial charge < -0.3 is 10.5 Å². The highest BCUT2D eigenvalue weighted by atomic mass is 19.3. The molecule has 2 N–H and O–H groups in total. The maximum absolute atomic E-state index is 13.1. The summed E-state index contributed by atoms with van der Waals surface area (Å²) >= 11 is 0. The van der Waals surface area contributed by atoms with E-state index in [0.717, 1.165) is 6.42 Å². The predicted octanol–water partition coefficient (Wildman–Crippen LogP) is 2.57. The van der Waals surface area contributed by atoms with E-state index in [1.54, 1.807) is 7.11 Å². The van der Waals surface area contributed by atoms with Crippen LogP contribution in [0.15, 0.2) is 0 Å². The van der Waals surface area contributed by atoms with Gasteiger partial charge in [-0.25, -0.2) is 8.78 Å². The van der Waals surface area contributed by atoms with Gasteiger partial charge in [0.15, 0.2) is 0 Å². The largest absolute Gasteiger partial charge is 0.381 e. The van der Waals surface area contributed by atoms with E-state index < -0.39 is 5.92 Å². The number of ether oxygens (including phenoxy) is 1. The zero-order valence-electron chi connectivity index (χ0n) is 9.56. The number of hydrogen-bond acceptors (Lipinski definition) is 2. The van der Waals surface area contributed by atoms with Crippen molar-refractivity contribution in [1.29, 1.82) is 0 Å². The van der Waals surface area contributed by atoms with Crippen LogP contribution in [0.25, 0.3) is 0 Å². The zero-order valence-corrected chi connectivity index (χ0v) is 9.56. The molecule has 1 aliphatic rings. The average Bonchev–Trinajstić information content (AvgIpc) is 2.22. The molecular weight excluding hydrogens is 200 g/mol. The van der Waals surface area contributed by atoms with E-state index in [1.807, 2.05) is 6.92 Å². The smallest absolute Gasteiger partial charge is 0.248 e. The maximum Gasteiger partial charge on any atom is 0.248 e. The van der Waals surface area contributed by atoms with Gasteiger partial charge in [0.25, 0.3) is 0 Å². The third-order valence-electron chi connectivity index (χ3n) is 3.72. The van der Waals surface area contributed by atoms with Crippen LogP contribution in [0.1, 0.15) is 39.0 Å². The molecule has 0 heterocycles. The third-order valence-corrected chi connectivity index (χ3v) is 3.72. The number of alkyl halides is 2. The molecule has 90 valence electrons. The Morgan fingerprint density at radius 1 is 1.27 bits per heavy atom. The van der Waals surface area contributed by atoms with E-state index in [4.69, 9.17) is 10.5 Å². The van der Waals surface area contributed by atoms with Crippen LogP contribution < -0.4 is 5.73 Å². The van der Waals surface area contributed by atoms with Crippen LogP contribution in [0, 0.1) is 5.41 Å². The first-order chi connectivity index (χ1) is 6.99. The molecular formula is C11H21F2NO. The SMILES string of the molecule is CCC(OC)C1(CN)CCC(F)(F)CC1. The topological polar surface area (TPSA) is 35.2 Å². The Morgan fingerprint density at radius 3 is 2.13 bits per heavy atom. The molecule has 0 aromatic heterocycles. The van der Waals surface area contributed by atoms with Gasteiger partial charge in [-0.05, 0) is 19.3 Å². The molecule has 0 aromatic carbocycles. The van der Waals surface area contributed by atoms with E-state index in [0.29, 0.717) is 19.4 Å². The molecule has 1 unspecified atom stereocenters. The summed E-state index contributed by atoms with van der Waals surface area (Å²) in [5, 5.41) is 0. The molecule has 0 aromatic rings. The first kappa shape index (κ1) is 12.8. The Labute approximate surface area is 90.2 Å². The molecule has 0 saturated heterocycles. The predicted molar refractivity (Wildman–Crippen MR) is 56.0 cm³/mol. The highest BCUT2D eigenvalue weighted by Gasteiger charge is 2.46. The summed E-state index contributed by atoms with van der Waals surface area (Å²) in [6.07, 6.45) is 1.69. The van der Waals surface area contributed by atoms with Crippen LogP contribution in [-0.2, 0) is 4.74 Å². The lowest BCUT2D eigenvalue weighted by atomic mass is 9.68. The number of methoxy groups -OCH3 is 1. The van der Waals surface area contributed by atoms with Crippen molar-refractivity contribution in [3.05, 3.63) is 0 Å². The highest BCUT2D eigenvalue weighted by Crippen LogP contribution is 2.46. The molecule has 1 aliphatic carbocycles. The van der Waals surface area contributed by atoms with Crippen molar-refractivity contribution in [3.8, 4) is 0 Å². The second-order valence-corrected chi connectivity index (χ2v) is 4.56. The Morgan fingerprint density at radius 2 is 1.80 bits per heavy atom. The Kier molecular flexibility index (Phi) is 4.06. The first-order valence-corrected chi connectivity index (χ1v) is 5.60. The van der Waals surface area contributed by atoms with Gasteiger partial charge in [0.2, 0.25) is 5.92 Å². The summed E-state index contributed by atoms with van der Waals surface area (Å²) < 4.78 is 31.5. The van der Waals surface area contributed by atoms with E-state index in [1.165, 1.54) is 0 Å². The summed E-state index contributed by atoms with van der Waals surface area (Å²) in [5.41, 5.74) is 5.52. The van der Waals surface area contributed by atoms with Gasteiger partial charge in [-0.1, -0.05) is 6.92 Å². The molecule has 0 radical (unpaired) electrons. The fourth-order valence-corrected chi connectivity index (χ4v) is 2.62. The van der Waals surface area contributed by atoms with Crippen LogP contribution in [0.5, 0.6) is 0 Å². The molecule has 15 heavy (non-hydrogen) atoms. The molecule has 0 spiro atoms. The summed E-state index contributed by atoms with van der Waals surface area (Å²) in [6, 6.07) is 0. The van der Waals surface area contributed by atoms with Gasteiger partial charge >= 0.3 is 0 Å². The minimum Gasteiger partial charge on any atom is -0.381 e. The van der Waals surface area contributed by atoms with Crippen LogP contribution in [0.2, 0.25) is 0 Å². The molecule has 0 aliphatic heterocycles. The molecule has 0 bridgehead atoms. The lowest BCUT2D eigenvalue weighted by Gasteiger charge is -2.43. The van der Waals surface area contributed by atoms with Gasteiger partial charge in [-0.15, -0.1) is 0 Å². The second-order valence-electron chi connectivity index (χ2n) is 4.56. The van der Waals surface area contributed by atoms with Crippen LogP contribution in [0.3, 0.4) is 0 Å². The highest BCUT2D eigenvalue weighted by molar-refractivity contribution is 4.94. The number of halogens is 2. The van der Waals surface area contributed by atoms with Crippen molar-refractivity contribution in [2.45, 2.75) is 51.1 Å². The van der Waals surface area contributed by atoms with Crippen molar-refractivity contribution in [2.24, 2.45) is 11.1 Å². The van der Waals surface area contributed by atoms with E-state index >= 15 is 0 Å². The molecule has 1 atom stereocenters. The van der Waals surface area contributed by atoms with Crippen molar-refractivity contribution in [3.63, 3.8) is 0 Å². The summed E-state index contributed by atoms with van der Waals surface area (Å²) in [5.74, 6) is -2.50. The van der Waals surface area contributed by atoms with Gasteiger partial charge in [-0.2, -0.15) is 0 Å². The molecule has 1 saturated carbocycles. The minimum absolute atomic E-state index is 0.0126. The van der Waals surface area contributed by atoms with Crippen molar-refractivity contribution >= 4 is 0 Å². The standard InChI is InChI=1S/C11H21F2NO/c1-3-9(15-2)10(8-14)4-6-11(12,13)7-5-10/h9H,3-8,14H2,1-2H3. The zero-order chi connectivity index (χ0) is 11.5. The van der Waals surface area contributed by atoms with Crippen LogP contribution in [0.4, 0.5) is 8.78 Å². The van der Waals surface area contributed by atoms with Crippen molar-refractivity contribution in [2.75, 3.05) is 13.7 Å². The number of rotatable bonds is 4. The van der Waals surface area contributed by atoms with Gasteiger partial charge in [0.05, 0.1) is 6.10 Å². The monoisotopic (exact) mass is 221 g/mol. The Balaban J connectivity index is 2.71. The third kappa shape index (κ3) is 2.67. The fourth-order valence-electron chi connectivity index (χ4n) is 2.62. The van der Waals surface area contributed by atoms with Crippen molar-refractivity contribution < 1.29 is 13.5 Å². The first-order valence-electron chi connectivity index (χ1n) is 5.60. The van der Waals surface area contributed by atoms with Gasteiger partial charge in [0.1, 0.15) is 0 Å². The lowest BCUT2D eigenvalue weighted by molar-refractivity contribution is -0.106. The Bertz CT molecular complexity index is 195. The van der Waals surface area contributed by atoms with E-state index in [2.05, 4.69) is 0 Å². The molecule has 1 rings (SSSR count). The molecule has 0 amide bonds. The number of nitrogens with two attached hydrogens (primary N) is 1. The summed E-state index contributed by atoms with van der Waals surface area (Å²) in [4.78, 5) is 0. The molecule has 2 nitrogen and oxygen atoms in total. The second kappa shape index (κ2) is 4.74. The van der Waals surface area contributed by atoms with Crippen LogP contribution in [-0.4, -0.2) is 25.7 Å². The van der Waals surface area contributed by atoms with Gasteiger partial charge in [0, 0.05) is 31.9 Å². The van der Waals surface area contributed by atoms with E-state index in [-0.39, 0.29) is 24.4 Å². The summed E-state index contributed by atoms with van der Waals surface area (Å²) in [7, 11) is 1.64. The fraction of sp³-hybridized carbons (Fsp3) is 1.00. The van der Waals surface area contributed by atoms with Gasteiger partial charge in [-0.3, -0.25) is 0 Å². The van der Waals surface area contributed by atoms with Crippen LogP contribution >= 0.6 is 0 Å². The number of hydrogen-bond donors (Lipinski definition) is 1. The minimum atomic E-state index is -2.50. The van der Waals surface area contributed by atoms with E-state index in [9.17, 15) is 8.78 Å². The van der Waals surface area contributed by atoms with Crippen molar-refractivity contribution in [1.82, 2.24) is 0 Å². The molecule has 1 fully saturated rings. The Hall–Kier alpha value is -0.220. The average molecular weight is 221 g/mol. The lowest BCUT2D eigenvalue weighted by Crippen LogP contribution is -2.47. The quantitative estimate of drug-likeness (QED) is 0.791. The maximum atomic E-state index is 13.1. The summed E-state index contributed by atoms with van der Waals surface area (Å²) in [6.45, 7) is 2.45. The molecule has 4 heteroatoms.